The summed E-state index contributed by atoms with van der Waals surface area (Å²) in [5, 5.41) is 5.44. The average Bonchev–Trinajstić information content (AvgIpc) is 2.95. The van der Waals surface area contributed by atoms with Crippen LogP contribution in [0.25, 0.3) is 10.8 Å². The van der Waals surface area contributed by atoms with Gasteiger partial charge in [0.05, 0.1) is 5.69 Å². The van der Waals surface area contributed by atoms with Crippen molar-refractivity contribution in [3.63, 3.8) is 0 Å². The molecule has 0 aliphatic rings. The van der Waals surface area contributed by atoms with Crippen LogP contribution in [0.2, 0.25) is 0 Å². The van der Waals surface area contributed by atoms with Crippen LogP contribution in [0.1, 0.15) is 27.9 Å². The van der Waals surface area contributed by atoms with Crippen molar-refractivity contribution in [2.75, 3.05) is 18.4 Å². The number of benzene rings is 2. The highest BCUT2D eigenvalue weighted by Gasteiger charge is 2.18. The van der Waals surface area contributed by atoms with Crippen molar-refractivity contribution >= 4 is 39.1 Å². The van der Waals surface area contributed by atoms with Crippen LogP contribution in [0.4, 0.5) is 5.13 Å². The number of anilines is 1. The fraction of sp³-hybridized carbons (Fsp3) is 0.250. The molecule has 0 saturated carbocycles. The zero-order valence-corrected chi connectivity index (χ0v) is 15.9. The van der Waals surface area contributed by atoms with E-state index in [-0.39, 0.29) is 18.4 Å². The lowest BCUT2D eigenvalue weighted by Gasteiger charge is -2.20. The van der Waals surface area contributed by atoms with Gasteiger partial charge in [0, 0.05) is 17.0 Å². The van der Waals surface area contributed by atoms with Gasteiger partial charge in [0.2, 0.25) is 5.91 Å². The Morgan fingerprint density at radius 3 is 2.50 bits per heavy atom. The highest BCUT2D eigenvalue weighted by molar-refractivity contribution is 7.15. The first-order valence-electron chi connectivity index (χ1n) is 8.50. The molecular weight excluding hydrogens is 346 g/mol. The van der Waals surface area contributed by atoms with Gasteiger partial charge in [0.15, 0.2) is 5.13 Å². The number of nitrogens with zero attached hydrogens (tertiary/aromatic N) is 2. The number of hydrogen-bond acceptors (Lipinski definition) is 4. The van der Waals surface area contributed by atoms with Crippen LogP contribution in [0.5, 0.6) is 0 Å². The van der Waals surface area contributed by atoms with Crippen LogP contribution in [0, 0.1) is 13.8 Å². The number of aryl methyl sites for hydroxylation is 2. The number of amides is 2. The molecule has 3 aromatic rings. The first kappa shape index (κ1) is 18.1. The maximum atomic E-state index is 12.8. The molecule has 3 rings (SSSR count). The maximum Gasteiger partial charge on any atom is 0.254 e. The number of carbonyl (C=O) groups excluding carboxylic acids is 2. The highest BCUT2D eigenvalue weighted by Crippen LogP contribution is 2.21. The molecule has 6 heteroatoms. The lowest BCUT2D eigenvalue weighted by molar-refractivity contribution is -0.116. The minimum absolute atomic E-state index is 0.000163. The summed E-state index contributed by atoms with van der Waals surface area (Å²) < 4.78 is 0. The van der Waals surface area contributed by atoms with Crippen molar-refractivity contribution in [3.8, 4) is 0 Å². The summed E-state index contributed by atoms with van der Waals surface area (Å²) in [6, 6.07) is 13.5. The number of thiazole rings is 1. The van der Waals surface area contributed by atoms with E-state index in [1.165, 1.54) is 16.2 Å². The standard InChI is InChI=1S/C20H21N3O2S/c1-4-23(12-18(24)22-20-21-13(2)14(3)26-20)19(25)17-10-9-15-7-5-6-8-16(15)11-17/h5-11H,4,12H2,1-3H3,(H,21,22,24). The van der Waals surface area contributed by atoms with Gasteiger partial charge in [-0.1, -0.05) is 30.3 Å². The van der Waals surface area contributed by atoms with Gasteiger partial charge in [-0.25, -0.2) is 4.98 Å². The predicted molar refractivity (Wildman–Crippen MR) is 106 cm³/mol. The van der Waals surface area contributed by atoms with E-state index in [4.69, 9.17) is 0 Å². The van der Waals surface area contributed by atoms with E-state index in [0.29, 0.717) is 17.2 Å². The van der Waals surface area contributed by atoms with Gasteiger partial charge in [-0.2, -0.15) is 0 Å². The second-order valence-corrected chi connectivity index (χ2v) is 7.29. The molecule has 5 nitrogen and oxygen atoms in total. The summed E-state index contributed by atoms with van der Waals surface area (Å²) in [4.78, 5) is 32.0. The molecule has 0 aliphatic heterocycles. The summed E-state index contributed by atoms with van der Waals surface area (Å²) in [7, 11) is 0. The smallest absolute Gasteiger partial charge is 0.254 e. The van der Waals surface area contributed by atoms with Crippen LogP contribution in [0.15, 0.2) is 42.5 Å². The van der Waals surface area contributed by atoms with Crippen LogP contribution < -0.4 is 5.32 Å². The van der Waals surface area contributed by atoms with Gasteiger partial charge in [0.1, 0.15) is 6.54 Å². The third-order valence-electron chi connectivity index (χ3n) is 4.27. The number of nitrogens with one attached hydrogen (secondary N) is 1. The Balaban J connectivity index is 1.72. The third kappa shape index (κ3) is 3.91. The quantitative estimate of drug-likeness (QED) is 0.741. The van der Waals surface area contributed by atoms with Gasteiger partial charge in [-0.05, 0) is 43.7 Å². The molecule has 26 heavy (non-hydrogen) atoms. The normalized spacial score (nSPS) is 10.7. The summed E-state index contributed by atoms with van der Waals surface area (Å²) in [5.74, 6) is -0.394. The SMILES string of the molecule is CCN(CC(=O)Nc1nc(C)c(C)s1)C(=O)c1ccc2ccccc2c1. The molecule has 0 bridgehead atoms. The Hall–Kier alpha value is -2.73. The highest BCUT2D eigenvalue weighted by atomic mass is 32.1. The Labute approximate surface area is 156 Å². The largest absolute Gasteiger partial charge is 0.330 e. The molecule has 134 valence electrons. The second-order valence-electron chi connectivity index (χ2n) is 6.09. The Morgan fingerprint density at radius 1 is 1.12 bits per heavy atom. The molecule has 0 radical (unpaired) electrons. The van der Waals surface area contributed by atoms with E-state index < -0.39 is 0 Å². The van der Waals surface area contributed by atoms with Crippen molar-refractivity contribution in [3.05, 3.63) is 58.6 Å². The van der Waals surface area contributed by atoms with Crippen LogP contribution in [-0.4, -0.2) is 34.8 Å². The Kier molecular flexibility index (Phi) is 5.32. The zero-order valence-electron chi connectivity index (χ0n) is 15.1. The molecule has 0 atom stereocenters. The van der Waals surface area contributed by atoms with Crippen molar-refractivity contribution < 1.29 is 9.59 Å². The fourth-order valence-electron chi connectivity index (χ4n) is 2.69. The fourth-order valence-corrected chi connectivity index (χ4v) is 3.52. The van der Waals surface area contributed by atoms with E-state index in [2.05, 4.69) is 10.3 Å². The number of fused-ring (bicyclic) bond motifs is 1. The molecule has 0 spiro atoms. The summed E-state index contributed by atoms with van der Waals surface area (Å²) in [5.41, 5.74) is 1.49. The van der Waals surface area contributed by atoms with Crippen LogP contribution >= 0.6 is 11.3 Å². The summed E-state index contributed by atoms with van der Waals surface area (Å²) in [6.07, 6.45) is 0. The number of carbonyl (C=O) groups is 2. The van der Waals surface area contributed by atoms with E-state index in [9.17, 15) is 9.59 Å². The first-order valence-corrected chi connectivity index (χ1v) is 9.31. The van der Waals surface area contributed by atoms with Crippen molar-refractivity contribution in [1.29, 1.82) is 0 Å². The molecule has 0 fully saturated rings. The number of likely N-dealkylation sites (N-methyl/N-ethyl adjacent to an activating group) is 1. The lowest BCUT2D eigenvalue weighted by Crippen LogP contribution is -2.37. The average molecular weight is 367 g/mol. The van der Waals surface area contributed by atoms with E-state index >= 15 is 0 Å². The van der Waals surface area contributed by atoms with E-state index in [1.54, 1.807) is 6.07 Å². The zero-order chi connectivity index (χ0) is 18.7. The van der Waals surface area contributed by atoms with Crippen LogP contribution in [0.3, 0.4) is 0 Å². The molecule has 2 aromatic carbocycles. The van der Waals surface area contributed by atoms with Gasteiger partial charge >= 0.3 is 0 Å². The van der Waals surface area contributed by atoms with E-state index in [0.717, 1.165) is 21.3 Å². The van der Waals surface area contributed by atoms with Crippen molar-refractivity contribution in [2.45, 2.75) is 20.8 Å². The van der Waals surface area contributed by atoms with Gasteiger partial charge < -0.3 is 10.2 Å². The van der Waals surface area contributed by atoms with Gasteiger partial charge in [-0.3, -0.25) is 9.59 Å². The second kappa shape index (κ2) is 7.66. The Morgan fingerprint density at radius 2 is 1.85 bits per heavy atom. The molecular formula is C20H21N3O2S. The number of aromatic nitrogens is 1. The molecule has 1 heterocycles. The Bertz CT molecular complexity index is 945. The number of rotatable bonds is 5. The minimum atomic E-state index is -0.241. The van der Waals surface area contributed by atoms with Crippen molar-refractivity contribution in [2.24, 2.45) is 0 Å². The molecule has 0 saturated heterocycles. The molecule has 2 amide bonds. The maximum absolute atomic E-state index is 12.8. The molecule has 1 N–H and O–H groups in total. The number of hydrogen-bond donors (Lipinski definition) is 1. The molecule has 1 aromatic heterocycles. The molecule has 0 aliphatic carbocycles. The summed E-state index contributed by atoms with van der Waals surface area (Å²) >= 11 is 1.44. The topological polar surface area (TPSA) is 62.3 Å². The monoisotopic (exact) mass is 367 g/mol. The minimum Gasteiger partial charge on any atom is -0.330 e. The van der Waals surface area contributed by atoms with Crippen LogP contribution in [-0.2, 0) is 4.79 Å². The van der Waals surface area contributed by atoms with Crippen molar-refractivity contribution in [1.82, 2.24) is 9.88 Å². The van der Waals surface area contributed by atoms with Gasteiger partial charge in [-0.15, -0.1) is 11.3 Å². The summed E-state index contributed by atoms with van der Waals surface area (Å²) in [6.45, 7) is 6.19. The first-order chi connectivity index (χ1) is 12.5. The van der Waals surface area contributed by atoms with Gasteiger partial charge in [0.25, 0.3) is 5.91 Å². The third-order valence-corrected chi connectivity index (χ3v) is 5.26. The van der Waals surface area contributed by atoms with E-state index in [1.807, 2.05) is 57.2 Å². The lowest BCUT2D eigenvalue weighted by atomic mass is 10.1. The molecule has 0 unspecified atom stereocenters. The predicted octanol–water partition coefficient (Wildman–Crippen LogP) is 4.01.